The van der Waals surface area contributed by atoms with Crippen molar-refractivity contribution >= 4 is 5.91 Å². The van der Waals surface area contributed by atoms with E-state index < -0.39 is 11.6 Å². The van der Waals surface area contributed by atoms with Gasteiger partial charge in [0, 0.05) is 19.6 Å². The first kappa shape index (κ1) is 15.5. The van der Waals surface area contributed by atoms with Crippen molar-refractivity contribution < 1.29 is 9.53 Å². The number of carbonyl (C=O) groups is 1. The molecule has 1 aromatic rings. The Morgan fingerprint density at radius 2 is 2.05 bits per heavy atom. The fourth-order valence-corrected chi connectivity index (χ4v) is 2.35. The van der Waals surface area contributed by atoms with Crippen LogP contribution in [-0.4, -0.2) is 30.7 Å². The molecule has 1 fully saturated rings. The lowest BCUT2D eigenvalue weighted by atomic mass is 9.90. The number of nitriles is 1. The number of rotatable bonds is 4. The average molecular weight is 287 g/mol. The van der Waals surface area contributed by atoms with Gasteiger partial charge in [0.15, 0.2) is 0 Å². The number of carbonyl (C=O) groups excluding carboxylic acids is 1. The fraction of sp³-hybridized carbons (Fsp3) is 0.500. The lowest BCUT2D eigenvalue weighted by molar-refractivity contribution is -0.130. The summed E-state index contributed by atoms with van der Waals surface area (Å²) in [5, 5.41) is 12.0. The van der Waals surface area contributed by atoms with Crippen LogP contribution in [0, 0.1) is 18.3 Å². The van der Waals surface area contributed by atoms with Crippen molar-refractivity contribution in [3.8, 4) is 6.07 Å². The van der Waals surface area contributed by atoms with Crippen LogP contribution in [0.3, 0.4) is 0 Å². The Labute approximate surface area is 125 Å². The lowest BCUT2D eigenvalue weighted by Gasteiger charge is -2.32. The van der Waals surface area contributed by atoms with Crippen LogP contribution in [-0.2, 0) is 16.0 Å². The molecule has 0 spiro atoms. The van der Waals surface area contributed by atoms with Crippen molar-refractivity contribution in [3.05, 3.63) is 35.4 Å². The smallest absolute Gasteiger partial charge is 0.241 e. The first-order valence-corrected chi connectivity index (χ1v) is 7.16. The molecule has 1 amide bonds. The molecule has 21 heavy (non-hydrogen) atoms. The standard InChI is InChI=1S/C16H21N3O2/c1-12-2-4-13(5-3-12)10-14(11-17)19-15(20)16(18)6-8-21-9-7-16/h2-5,14H,6-10,18H2,1H3,(H,19,20)/t14-/m0/s1. The second-order valence-corrected chi connectivity index (χ2v) is 5.61. The minimum absolute atomic E-state index is 0.260. The van der Waals surface area contributed by atoms with E-state index in [1.54, 1.807) is 0 Å². The zero-order valence-corrected chi connectivity index (χ0v) is 12.3. The van der Waals surface area contributed by atoms with Gasteiger partial charge in [0.2, 0.25) is 5.91 Å². The summed E-state index contributed by atoms with van der Waals surface area (Å²) in [5.74, 6) is -0.260. The highest BCUT2D eigenvalue weighted by Gasteiger charge is 2.36. The highest BCUT2D eigenvalue weighted by atomic mass is 16.5. The van der Waals surface area contributed by atoms with Gasteiger partial charge in [-0.1, -0.05) is 29.8 Å². The monoisotopic (exact) mass is 287 g/mol. The summed E-state index contributed by atoms with van der Waals surface area (Å²) in [5.41, 5.74) is 7.39. The van der Waals surface area contributed by atoms with Crippen molar-refractivity contribution in [2.45, 2.75) is 37.8 Å². The van der Waals surface area contributed by atoms with E-state index >= 15 is 0 Å². The van der Waals surface area contributed by atoms with Gasteiger partial charge in [0.25, 0.3) is 0 Å². The zero-order valence-electron chi connectivity index (χ0n) is 12.3. The number of hydrogen-bond donors (Lipinski definition) is 2. The average Bonchev–Trinajstić information content (AvgIpc) is 2.49. The molecule has 1 aliphatic rings. The fourth-order valence-electron chi connectivity index (χ4n) is 2.35. The molecule has 0 aliphatic carbocycles. The lowest BCUT2D eigenvalue weighted by Crippen LogP contribution is -2.58. The number of amides is 1. The third kappa shape index (κ3) is 4.03. The van der Waals surface area contributed by atoms with Crippen LogP contribution in [0.1, 0.15) is 24.0 Å². The molecule has 5 heteroatoms. The molecule has 0 unspecified atom stereocenters. The van der Waals surface area contributed by atoms with Crippen LogP contribution in [0.25, 0.3) is 0 Å². The molecule has 3 N–H and O–H groups in total. The number of hydrogen-bond acceptors (Lipinski definition) is 4. The van der Waals surface area contributed by atoms with Crippen molar-refractivity contribution in [3.63, 3.8) is 0 Å². The maximum absolute atomic E-state index is 12.3. The summed E-state index contributed by atoms with van der Waals surface area (Å²) in [6.45, 7) is 2.98. The van der Waals surface area contributed by atoms with Crippen LogP contribution in [0.2, 0.25) is 0 Å². The number of benzene rings is 1. The Hall–Kier alpha value is -1.90. The first-order valence-electron chi connectivity index (χ1n) is 7.16. The summed E-state index contributed by atoms with van der Waals surface area (Å²) in [6, 6.07) is 9.50. The molecule has 1 aromatic carbocycles. The molecule has 0 radical (unpaired) electrons. The highest BCUT2D eigenvalue weighted by Crippen LogP contribution is 2.18. The van der Waals surface area contributed by atoms with Gasteiger partial charge in [-0.05, 0) is 25.3 Å². The molecule has 5 nitrogen and oxygen atoms in total. The van der Waals surface area contributed by atoms with E-state index in [0.29, 0.717) is 32.5 Å². The van der Waals surface area contributed by atoms with E-state index in [1.807, 2.05) is 31.2 Å². The van der Waals surface area contributed by atoms with Crippen molar-refractivity contribution in [2.75, 3.05) is 13.2 Å². The minimum atomic E-state index is -0.916. The molecule has 1 atom stereocenters. The minimum Gasteiger partial charge on any atom is -0.381 e. The molecule has 0 bridgehead atoms. The molecular formula is C16H21N3O2. The molecule has 0 aromatic heterocycles. The Morgan fingerprint density at radius 3 is 2.62 bits per heavy atom. The predicted molar refractivity (Wildman–Crippen MR) is 79.4 cm³/mol. The maximum atomic E-state index is 12.3. The largest absolute Gasteiger partial charge is 0.381 e. The van der Waals surface area contributed by atoms with E-state index in [4.69, 9.17) is 10.5 Å². The summed E-state index contributed by atoms with van der Waals surface area (Å²) in [6.07, 6.45) is 1.46. The highest BCUT2D eigenvalue weighted by molar-refractivity contribution is 5.86. The number of nitrogens with two attached hydrogens (primary N) is 1. The number of nitrogens with zero attached hydrogens (tertiary/aromatic N) is 1. The Kier molecular flexibility index (Phi) is 4.94. The molecule has 2 rings (SSSR count). The molecule has 112 valence electrons. The van der Waals surface area contributed by atoms with Gasteiger partial charge < -0.3 is 15.8 Å². The third-order valence-corrected chi connectivity index (χ3v) is 3.86. The second-order valence-electron chi connectivity index (χ2n) is 5.61. The van der Waals surface area contributed by atoms with Gasteiger partial charge in [0.1, 0.15) is 6.04 Å². The Bertz CT molecular complexity index is 527. The summed E-state index contributed by atoms with van der Waals surface area (Å²) in [7, 11) is 0. The van der Waals surface area contributed by atoms with Crippen LogP contribution in [0.15, 0.2) is 24.3 Å². The number of ether oxygens (including phenoxy) is 1. The van der Waals surface area contributed by atoms with Gasteiger partial charge >= 0.3 is 0 Å². The topological polar surface area (TPSA) is 88.1 Å². The summed E-state index contributed by atoms with van der Waals surface area (Å²) >= 11 is 0. The van der Waals surface area contributed by atoms with Gasteiger partial charge in [-0.3, -0.25) is 4.79 Å². The van der Waals surface area contributed by atoms with E-state index in [0.717, 1.165) is 5.56 Å². The number of nitrogens with one attached hydrogen (secondary N) is 1. The molecule has 1 heterocycles. The van der Waals surface area contributed by atoms with Gasteiger partial charge in [0.05, 0.1) is 11.6 Å². The quantitative estimate of drug-likeness (QED) is 0.866. The normalized spacial score (nSPS) is 18.5. The van der Waals surface area contributed by atoms with Crippen molar-refractivity contribution in [2.24, 2.45) is 5.73 Å². The molecule has 1 saturated heterocycles. The number of aryl methyl sites for hydroxylation is 1. The van der Waals surface area contributed by atoms with E-state index in [9.17, 15) is 10.1 Å². The summed E-state index contributed by atoms with van der Waals surface area (Å²) < 4.78 is 5.23. The zero-order chi connectivity index (χ0) is 15.3. The summed E-state index contributed by atoms with van der Waals surface area (Å²) in [4.78, 5) is 12.3. The van der Waals surface area contributed by atoms with Crippen LogP contribution in [0.4, 0.5) is 0 Å². The van der Waals surface area contributed by atoms with Gasteiger partial charge in [-0.15, -0.1) is 0 Å². The second kappa shape index (κ2) is 6.70. The van der Waals surface area contributed by atoms with E-state index in [-0.39, 0.29) is 5.91 Å². The first-order chi connectivity index (χ1) is 10.0. The predicted octanol–water partition coefficient (Wildman–Crippen LogP) is 1.05. The van der Waals surface area contributed by atoms with Crippen LogP contribution >= 0.6 is 0 Å². The molecule has 1 aliphatic heterocycles. The van der Waals surface area contributed by atoms with Crippen molar-refractivity contribution in [1.29, 1.82) is 5.26 Å². The van der Waals surface area contributed by atoms with Gasteiger partial charge in [-0.25, -0.2) is 0 Å². The third-order valence-electron chi connectivity index (χ3n) is 3.86. The van der Waals surface area contributed by atoms with Crippen molar-refractivity contribution in [1.82, 2.24) is 5.32 Å². The Balaban J connectivity index is 1.97. The SMILES string of the molecule is Cc1ccc(C[C@@H](C#N)NC(=O)C2(N)CCOCC2)cc1. The van der Waals surface area contributed by atoms with E-state index in [2.05, 4.69) is 11.4 Å². The van der Waals surface area contributed by atoms with E-state index in [1.165, 1.54) is 5.56 Å². The molecular weight excluding hydrogens is 266 g/mol. The Morgan fingerprint density at radius 1 is 1.43 bits per heavy atom. The van der Waals surface area contributed by atoms with Gasteiger partial charge in [-0.2, -0.15) is 5.26 Å². The maximum Gasteiger partial charge on any atom is 0.241 e. The molecule has 0 saturated carbocycles. The van der Waals surface area contributed by atoms with Crippen LogP contribution < -0.4 is 11.1 Å². The van der Waals surface area contributed by atoms with Crippen LogP contribution in [0.5, 0.6) is 0 Å².